The highest BCUT2D eigenvalue weighted by Gasteiger charge is 2.32. The van der Waals surface area contributed by atoms with Crippen LogP contribution >= 0.6 is 11.6 Å². The van der Waals surface area contributed by atoms with E-state index in [1.54, 1.807) is 36.1 Å². The van der Waals surface area contributed by atoms with Crippen LogP contribution in [0, 0.1) is 0 Å². The Balaban J connectivity index is 1.38. The second kappa shape index (κ2) is 10.3. The van der Waals surface area contributed by atoms with Crippen molar-refractivity contribution in [1.29, 1.82) is 0 Å². The molecule has 1 saturated heterocycles. The number of nitrogens with one attached hydrogen (secondary N) is 1. The Morgan fingerprint density at radius 1 is 0.939 bits per heavy atom. The third-order valence-corrected chi connectivity index (χ3v) is 6.67. The topological polar surface area (TPSA) is 73.0 Å². The van der Waals surface area contributed by atoms with Crippen LogP contribution in [0.4, 0.5) is 10.5 Å². The highest BCUT2D eigenvalue weighted by molar-refractivity contribution is 6.30. The zero-order chi connectivity index (χ0) is 23.4. The van der Waals surface area contributed by atoms with E-state index in [0.29, 0.717) is 49.9 Å². The lowest BCUT2D eigenvalue weighted by atomic mass is 9.90. The summed E-state index contributed by atoms with van der Waals surface area (Å²) in [6.45, 7) is 4.30. The Morgan fingerprint density at radius 3 is 2.39 bits per heavy atom. The molecule has 1 fully saturated rings. The molecule has 2 heterocycles. The molecule has 33 heavy (non-hydrogen) atoms. The van der Waals surface area contributed by atoms with E-state index in [4.69, 9.17) is 11.6 Å². The number of benzene rings is 2. The predicted molar refractivity (Wildman–Crippen MR) is 128 cm³/mol. The van der Waals surface area contributed by atoms with E-state index in [2.05, 4.69) is 11.4 Å². The number of hydrogen-bond acceptors (Lipinski definition) is 3. The molecule has 4 rings (SSSR count). The molecule has 2 aliphatic heterocycles. The van der Waals surface area contributed by atoms with Gasteiger partial charge in [-0.05, 0) is 48.2 Å². The third-order valence-electron chi connectivity index (χ3n) is 6.42. The Labute approximate surface area is 199 Å². The summed E-state index contributed by atoms with van der Waals surface area (Å²) < 4.78 is 0. The van der Waals surface area contributed by atoms with Crippen LogP contribution in [0.3, 0.4) is 0 Å². The molecule has 0 aliphatic carbocycles. The zero-order valence-corrected chi connectivity index (χ0v) is 19.6. The summed E-state index contributed by atoms with van der Waals surface area (Å²) in [5, 5.41) is 3.50. The van der Waals surface area contributed by atoms with Gasteiger partial charge in [-0.25, -0.2) is 4.79 Å². The number of halogens is 1. The molecule has 8 heteroatoms. The zero-order valence-electron chi connectivity index (χ0n) is 18.8. The van der Waals surface area contributed by atoms with Crippen molar-refractivity contribution in [3.63, 3.8) is 0 Å². The summed E-state index contributed by atoms with van der Waals surface area (Å²) >= 11 is 5.91. The molecule has 1 atom stereocenters. The minimum absolute atomic E-state index is 0.0109. The molecule has 0 aromatic heterocycles. The van der Waals surface area contributed by atoms with Crippen LogP contribution in [0.25, 0.3) is 0 Å². The molecule has 174 valence electrons. The largest absolute Gasteiger partial charge is 0.341 e. The molecule has 1 unspecified atom stereocenters. The van der Waals surface area contributed by atoms with Crippen LogP contribution in [-0.2, 0) is 16.0 Å². The lowest BCUT2D eigenvalue weighted by molar-refractivity contribution is -0.136. The van der Waals surface area contributed by atoms with Crippen LogP contribution in [0.5, 0.6) is 0 Å². The summed E-state index contributed by atoms with van der Waals surface area (Å²) in [4.78, 5) is 43.6. The number of fused-ring (bicyclic) bond motifs is 1. The summed E-state index contributed by atoms with van der Waals surface area (Å²) in [5.74, 6) is 0.00567. The van der Waals surface area contributed by atoms with Crippen LogP contribution in [-0.4, -0.2) is 65.3 Å². The Kier molecular flexibility index (Phi) is 7.18. The van der Waals surface area contributed by atoms with Gasteiger partial charge in [0.15, 0.2) is 0 Å². The van der Waals surface area contributed by atoms with Crippen LogP contribution < -0.4 is 5.32 Å². The van der Waals surface area contributed by atoms with Crippen molar-refractivity contribution in [3.05, 3.63) is 64.7 Å². The second-order valence-electron chi connectivity index (χ2n) is 8.54. The SMILES string of the molecule is CC(=O)N1CCc2ccccc2C1CC(=O)N1CCCN(C(=O)Nc2ccc(Cl)cc2)CC1. The quantitative estimate of drug-likeness (QED) is 0.741. The number of carbonyl (C=O) groups excluding carboxylic acids is 3. The molecule has 0 saturated carbocycles. The van der Waals surface area contributed by atoms with Crippen molar-refractivity contribution in [2.45, 2.75) is 32.2 Å². The average Bonchev–Trinajstić information content (AvgIpc) is 3.07. The predicted octanol–water partition coefficient (Wildman–Crippen LogP) is 3.94. The van der Waals surface area contributed by atoms with E-state index in [9.17, 15) is 14.4 Å². The van der Waals surface area contributed by atoms with Gasteiger partial charge in [-0.3, -0.25) is 9.59 Å². The van der Waals surface area contributed by atoms with E-state index >= 15 is 0 Å². The average molecular weight is 469 g/mol. The van der Waals surface area contributed by atoms with Crippen LogP contribution in [0.2, 0.25) is 5.02 Å². The number of carbonyl (C=O) groups is 3. The Hall–Kier alpha value is -3.06. The van der Waals surface area contributed by atoms with E-state index in [1.165, 1.54) is 5.56 Å². The fraction of sp³-hybridized carbons (Fsp3) is 0.400. The van der Waals surface area contributed by atoms with Gasteiger partial charge in [-0.1, -0.05) is 35.9 Å². The molecular weight excluding hydrogens is 440 g/mol. The van der Waals surface area contributed by atoms with Gasteiger partial charge in [0.05, 0.1) is 12.5 Å². The first kappa shape index (κ1) is 23.1. The lowest BCUT2D eigenvalue weighted by Gasteiger charge is -2.37. The summed E-state index contributed by atoms with van der Waals surface area (Å²) in [7, 11) is 0. The smallest absolute Gasteiger partial charge is 0.321 e. The maximum absolute atomic E-state index is 13.3. The van der Waals surface area contributed by atoms with E-state index in [-0.39, 0.29) is 30.3 Å². The number of amides is 4. The Morgan fingerprint density at radius 2 is 1.64 bits per heavy atom. The molecular formula is C25H29ClN4O3. The van der Waals surface area contributed by atoms with Gasteiger partial charge in [-0.15, -0.1) is 0 Å². The molecule has 7 nitrogen and oxygen atoms in total. The van der Waals surface area contributed by atoms with Crippen LogP contribution in [0.15, 0.2) is 48.5 Å². The molecule has 0 radical (unpaired) electrons. The third kappa shape index (κ3) is 5.47. The first-order valence-corrected chi connectivity index (χ1v) is 11.7. The molecule has 2 aromatic rings. The number of hydrogen-bond donors (Lipinski definition) is 1. The van der Waals surface area contributed by atoms with Gasteiger partial charge in [-0.2, -0.15) is 0 Å². The molecule has 0 bridgehead atoms. The number of urea groups is 1. The number of rotatable bonds is 3. The van der Waals surface area contributed by atoms with Crippen molar-refractivity contribution < 1.29 is 14.4 Å². The maximum atomic E-state index is 13.3. The normalized spacial score (nSPS) is 18.4. The highest BCUT2D eigenvalue weighted by atomic mass is 35.5. The minimum atomic E-state index is -0.243. The van der Waals surface area contributed by atoms with Gasteiger partial charge in [0.2, 0.25) is 11.8 Å². The Bertz CT molecular complexity index is 1030. The molecule has 1 N–H and O–H groups in total. The fourth-order valence-electron chi connectivity index (χ4n) is 4.65. The molecule has 2 aliphatic rings. The first-order valence-electron chi connectivity index (χ1n) is 11.4. The van der Waals surface area contributed by atoms with Crippen molar-refractivity contribution in [1.82, 2.24) is 14.7 Å². The standard InChI is InChI=1S/C25H29ClN4O3/c1-18(31)30-14-11-19-5-2-3-6-22(19)23(30)17-24(32)28-12-4-13-29(16-15-28)25(33)27-21-9-7-20(26)8-10-21/h2-3,5-10,23H,4,11-17H2,1H3,(H,27,33). The summed E-state index contributed by atoms with van der Waals surface area (Å²) in [6, 6.07) is 14.6. The molecule has 2 aromatic carbocycles. The van der Waals surface area contributed by atoms with Crippen LogP contribution in [0.1, 0.15) is 36.9 Å². The highest BCUT2D eigenvalue weighted by Crippen LogP contribution is 2.33. The van der Waals surface area contributed by atoms with Crippen molar-refractivity contribution in [2.24, 2.45) is 0 Å². The summed E-state index contributed by atoms with van der Waals surface area (Å²) in [6.07, 6.45) is 1.77. The van der Waals surface area contributed by atoms with Crippen molar-refractivity contribution in [3.8, 4) is 0 Å². The van der Waals surface area contributed by atoms with Gasteiger partial charge in [0, 0.05) is 50.4 Å². The maximum Gasteiger partial charge on any atom is 0.321 e. The minimum Gasteiger partial charge on any atom is -0.341 e. The van der Waals surface area contributed by atoms with Crippen molar-refractivity contribution >= 4 is 35.1 Å². The van der Waals surface area contributed by atoms with Gasteiger partial charge < -0.3 is 20.0 Å². The number of anilines is 1. The van der Waals surface area contributed by atoms with E-state index in [1.807, 2.05) is 28.0 Å². The van der Waals surface area contributed by atoms with Gasteiger partial charge in [0.1, 0.15) is 0 Å². The number of nitrogens with zero attached hydrogens (tertiary/aromatic N) is 3. The summed E-state index contributed by atoms with van der Waals surface area (Å²) in [5.41, 5.74) is 2.95. The van der Waals surface area contributed by atoms with Gasteiger partial charge >= 0.3 is 6.03 Å². The lowest BCUT2D eigenvalue weighted by Crippen LogP contribution is -2.43. The molecule has 4 amide bonds. The van der Waals surface area contributed by atoms with E-state index < -0.39 is 0 Å². The van der Waals surface area contributed by atoms with Gasteiger partial charge in [0.25, 0.3) is 0 Å². The second-order valence-corrected chi connectivity index (χ2v) is 8.98. The monoisotopic (exact) mass is 468 g/mol. The van der Waals surface area contributed by atoms with Crippen molar-refractivity contribution in [2.75, 3.05) is 38.0 Å². The molecule has 0 spiro atoms. The fourth-order valence-corrected chi connectivity index (χ4v) is 4.77. The van der Waals surface area contributed by atoms with E-state index in [0.717, 1.165) is 12.0 Å². The first-order chi connectivity index (χ1) is 15.9.